The van der Waals surface area contributed by atoms with Crippen molar-refractivity contribution in [2.45, 2.75) is 58.8 Å². The summed E-state index contributed by atoms with van der Waals surface area (Å²) in [6.07, 6.45) is 7.72. The number of aryl methyl sites for hydroxylation is 2. The summed E-state index contributed by atoms with van der Waals surface area (Å²) in [6, 6.07) is 0. The molecule has 0 radical (unpaired) electrons. The number of hydrogen-bond acceptors (Lipinski definition) is 3. The van der Waals surface area contributed by atoms with Crippen molar-refractivity contribution in [2.24, 2.45) is 5.92 Å². The SMILES string of the molecule is CCc1nc(CCNC(=O)C2CCCCC2)sc1C. The van der Waals surface area contributed by atoms with Gasteiger partial charge in [0.1, 0.15) is 0 Å². The van der Waals surface area contributed by atoms with Crippen molar-refractivity contribution < 1.29 is 4.79 Å². The van der Waals surface area contributed by atoms with Crippen LogP contribution in [0.2, 0.25) is 0 Å². The molecule has 1 saturated carbocycles. The van der Waals surface area contributed by atoms with E-state index in [9.17, 15) is 4.79 Å². The molecule has 0 aliphatic heterocycles. The molecule has 0 aromatic carbocycles. The number of rotatable bonds is 5. The molecule has 1 aromatic rings. The van der Waals surface area contributed by atoms with Crippen LogP contribution in [0.15, 0.2) is 0 Å². The molecule has 1 heterocycles. The van der Waals surface area contributed by atoms with E-state index in [1.54, 1.807) is 11.3 Å². The molecule has 0 atom stereocenters. The van der Waals surface area contributed by atoms with E-state index in [2.05, 4.69) is 24.1 Å². The minimum atomic E-state index is 0.253. The molecule has 0 saturated heterocycles. The number of aromatic nitrogens is 1. The van der Waals surface area contributed by atoms with Crippen LogP contribution < -0.4 is 5.32 Å². The lowest BCUT2D eigenvalue weighted by Crippen LogP contribution is -2.33. The summed E-state index contributed by atoms with van der Waals surface area (Å²) in [5.74, 6) is 0.515. The van der Waals surface area contributed by atoms with Crippen molar-refractivity contribution >= 4 is 17.2 Å². The van der Waals surface area contributed by atoms with E-state index in [0.29, 0.717) is 0 Å². The highest BCUT2D eigenvalue weighted by molar-refractivity contribution is 7.11. The summed E-state index contributed by atoms with van der Waals surface area (Å²) in [5.41, 5.74) is 1.21. The van der Waals surface area contributed by atoms with Gasteiger partial charge >= 0.3 is 0 Å². The fourth-order valence-corrected chi connectivity index (χ4v) is 3.75. The molecule has 4 heteroatoms. The largest absolute Gasteiger partial charge is 0.355 e. The fourth-order valence-electron chi connectivity index (χ4n) is 2.72. The molecule has 1 fully saturated rings. The summed E-state index contributed by atoms with van der Waals surface area (Å²) in [4.78, 5) is 17.9. The highest BCUT2D eigenvalue weighted by Gasteiger charge is 2.20. The van der Waals surface area contributed by atoms with Gasteiger partial charge in [-0.15, -0.1) is 11.3 Å². The van der Waals surface area contributed by atoms with Crippen molar-refractivity contribution in [2.75, 3.05) is 6.54 Å². The molecular formula is C15H24N2OS. The first kappa shape index (κ1) is 14.5. The second-order valence-electron chi connectivity index (χ2n) is 5.34. The lowest BCUT2D eigenvalue weighted by molar-refractivity contribution is -0.125. The Kier molecular flexibility index (Phi) is 5.37. The summed E-state index contributed by atoms with van der Waals surface area (Å²) >= 11 is 1.76. The van der Waals surface area contributed by atoms with Crippen molar-refractivity contribution in [3.8, 4) is 0 Å². The molecular weight excluding hydrogens is 256 g/mol. The Morgan fingerprint density at radius 3 is 2.74 bits per heavy atom. The van der Waals surface area contributed by atoms with Crippen molar-refractivity contribution in [1.82, 2.24) is 10.3 Å². The number of amides is 1. The smallest absolute Gasteiger partial charge is 0.223 e. The molecule has 0 bridgehead atoms. The fraction of sp³-hybridized carbons (Fsp3) is 0.733. The second-order valence-corrected chi connectivity index (χ2v) is 6.63. The van der Waals surface area contributed by atoms with Gasteiger partial charge in [0.15, 0.2) is 0 Å². The van der Waals surface area contributed by atoms with Crippen LogP contribution in [0.4, 0.5) is 0 Å². The maximum Gasteiger partial charge on any atom is 0.223 e. The van der Waals surface area contributed by atoms with E-state index in [-0.39, 0.29) is 11.8 Å². The zero-order chi connectivity index (χ0) is 13.7. The first-order valence-electron chi connectivity index (χ1n) is 7.43. The third kappa shape index (κ3) is 4.03. The molecule has 3 nitrogen and oxygen atoms in total. The number of nitrogens with one attached hydrogen (secondary N) is 1. The average Bonchev–Trinajstić information content (AvgIpc) is 2.80. The lowest BCUT2D eigenvalue weighted by atomic mass is 9.89. The number of nitrogens with zero attached hydrogens (tertiary/aromatic N) is 1. The van der Waals surface area contributed by atoms with E-state index < -0.39 is 0 Å². The normalized spacial score (nSPS) is 16.5. The van der Waals surface area contributed by atoms with Crippen LogP contribution in [0.25, 0.3) is 0 Å². The molecule has 1 N–H and O–H groups in total. The van der Waals surface area contributed by atoms with Gasteiger partial charge in [-0.1, -0.05) is 26.2 Å². The molecule has 0 spiro atoms. The minimum Gasteiger partial charge on any atom is -0.355 e. The predicted molar refractivity (Wildman–Crippen MR) is 79.5 cm³/mol. The van der Waals surface area contributed by atoms with Crippen LogP contribution in [0.1, 0.15) is 54.6 Å². The quantitative estimate of drug-likeness (QED) is 0.899. The highest BCUT2D eigenvalue weighted by atomic mass is 32.1. The van der Waals surface area contributed by atoms with Gasteiger partial charge in [0.25, 0.3) is 0 Å². The number of carbonyl (C=O) groups is 1. The van der Waals surface area contributed by atoms with Crippen LogP contribution in [-0.2, 0) is 17.6 Å². The lowest BCUT2D eigenvalue weighted by Gasteiger charge is -2.20. The number of carbonyl (C=O) groups excluding carboxylic acids is 1. The second kappa shape index (κ2) is 7.04. The van der Waals surface area contributed by atoms with E-state index in [1.807, 2.05) is 0 Å². The Morgan fingerprint density at radius 2 is 2.11 bits per heavy atom. The van der Waals surface area contributed by atoms with Gasteiger partial charge in [0.05, 0.1) is 10.7 Å². The van der Waals surface area contributed by atoms with E-state index >= 15 is 0 Å². The molecule has 1 aromatic heterocycles. The van der Waals surface area contributed by atoms with Gasteiger partial charge in [0.2, 0.25) is 5.91 Å². The molecule has 0 unspecified atom stereocenters. The Morgan fingerprint density at radius 1 is 1.37 bits per heavy atom. The molecule has 1 aliphatic rings. The summed E-state index contributed by atoms with van der Waals surface area (Å²) in [7, 11) is 0. The van der Waals surface area contributed by atoms with Crippen LogP contribution in [0.5, 0.6) is 0 Å². The molecule has 106 valence electrons. The van der Waals surface area contributed by atoms with E-state index in [4.69, 9.17) is 0 Å². The Hall–Kier alpha value is -0.900. The van der Waals surface area contributed by atoms with Crippen LogP contribution in [-0.4, -0.2) is 17.4 Å². The first-order chi connectivity index (χ1) is 9.20. The Balaban J connectivity index is 1.74. The van der Waals surface area contributed by atoms with Gasteiger partial charge in [0, 0.05) is 23.8 Å². The van der Waals surface area contributed by atoms with Crippen LogP contribution >= 0.6 is 11.3 Å². The number of hydrogen-bond donors (Lipinski definition) is 1. The summed E-state index contributed by atoms with van der Waals surface area (Å²) in [6.45, 7) is 4.99. The van der Waals surface area contributed by atoms with E-state index in [1.165, 1.54) is 29.8 Å². The van der Waals surface area contributed by atoms with Crippen molar-refractivity contribution in [1.29, 1.82) is 0 Å². The monoisotopic (exact) mass is 280 g/mol. The molecule has 19 heavy (non-hydrogen) atoms. The molecule has 2 rings (SSSR count). The van der Waals surface area contributed by atoms with Gasteiger partial charge in [-0.2, -0.15) is 0 Å². The first-order valence-corrected chi connectivity index (χ1v) is 8.25. The van der Waals surface area contributed by atoms with Gasteiger partial charge in [-0.25, -0.2) is 4.98 Å². The third-order valence-electron chi connectivity index (χ3n) is 3.89. The average molecular weight is 280 g/mol. The summed E-state index contributed by atoms with van der Waals surface area (Å²) < 4.78 is 0. The zero-order valence-corrected chi connectivity index (χ0v) is 12.8. The minimum absolute atomic E-state index is 0.253. The number of thiazole rings is 1. The van der Waals surface area contributed by atoms with Gasteiger partial charge in [-0.3, -0.25) is 4.79 Å². The maximum absolute atomic E-state index is 12.0. The highest BCUT2D eigenvalue weighted by Crippen LogP contribution is 2.23. The van der Waals surface area contributed by atoms with Gasteiger partial charge in [-0.05, 0) is 26.2 Å². The molecule has 1 amide bonds. The van der Waals surface area contributed by atoms with Crippen LogP contribution in [0.3, 0.4) is 0 Å². The standard InChI is InChI=1S/C15H24N2OS/c1-3-13-11(2)19-14(17-13)9-10-16-15(18)12-7-5-4-6-8-12/h12H,3-10H2,1-2H3,(H,16,18). The molecule has 1 aliphatic carbocycles. The van der Waals surface area contributed by atoms with Crippen molar-refractivity contribution in [3.05, 3.63) is 15.6 Å². The zero-order valence-electron chi connectivity index (χ0n) is 12.0. The third-order valence-corrected chi connectivity index (χ3v) is 4.96. The maximum atomic E-state index is 12.0. The van der Waals surface area contributed by atoms with Gasteiger partial charge < -0.3 is 5.32 Å². The topological polar surface area (TPSA) is 42.0 Å². The summed E-state index contributed by atoms with van der Waals surface area (Å²) in [5, 5.41) is 4.23. The Labute approximate surface area is 119 Å². The van der Waals surface area contributed by atoms with Crippen LogP contribution in [0, 0.1) is 12.8 Å². The Bertz CT molecular complexity index is 422. The van der Waals surface area contributed by atoms with Crippen molar-refractivity contribution in [3.63, 3.8) is 0 Å². The van der Waals surface area contributed by atoms with E-state index in [0.717, 1.165) is 37.2 Å². The predicted octanol–water partition coefficient (Wildman–Crippen LogP) is 3.25.